The van der Waals surface area contributed by atoms with Gasteiger partial charge in [-0.1, -0.05) is 62.1 Å². The van der Waals surface area contributed by atoms with E-state index in [0.717, 1.165) is 30.0 Å². The molecule has 0 saturated heterocycles. The van der Waals surface area contributed by atoms with E-state index in [-0.39, 0.29) is 16.1 Å². The van der Waals surface area contributed by atoms with Crippen LogP contribution in [0.5, 0.6) is 0 Å². The van der Waals surface area contributed by atoms with Crippen LogP contribution in [0.25, 0.3) is 22.3 Å². The molecule has 3 aromatic rings. The van der Waals surface area contributed by atoms with E-state index < -0.39 is 17.5 Å². The van der Waals surface area contributed by atoms with Crippen molar-refractivity contribution in [2.45, 2.75) is 51.9 Å². The smallest absolute Gasteiger partial charge is 0.142 e. The van der Waals surface area contributed by atoms with Crippen LogP contribution in [0.1, 0.15) is 49.3 Å². The Balaban J connectivity index is 1.70. The van der Waals surface area contributed by atoms with Crippen molar-refractivity contribution < 1.29 is 13.2 Å². The second-order valence-electron chi connectivity index (χ2n) is 8.00. The summed E-state index contributed by atoms with van der Waals surface area (Å²) in [6, 6.07) is 11.5. The standard InChI is InChI=1S/C26H24ClF3/c1-2-3-4-5-6-16-7-10-19-17(13-16)8-11-20-21(19)15-24(29)25(26(20)30)18-9-12-22(27)23(28)14-18/h7,9-10,12-15H,2-6,8,11H2,1H3. The minimum absolute atomic E-state index is 0.0723. The molecule has 1 aliphatic rings. The molecule has 30 heavy (non-hydrogen) atoms. The van der Waals surface area contributed by atoms with Gasteiger partial charge in [-0.3, -0.25) is 0 Å². The zero-order valence-corrected chi connectivity index (χ0v) is 17.8. The quantitative estimate of drug-likeness (QED) is 0.346. The van der Waals surface area contributed by atoms with Gasteiger partial charge in [0.25, 0.3) is 0 Å². The summed E-state index contributed by atoms with van der Waals surface area (Å²) in [4.78, 5) is 0. The molecule has 4 rings (SSSR count). The average Bonchev–Trinajstić information content (AvgIpc) is 2.73. The summed E-state index contributed by atoms with van der Waals surface area (Å²) in [6.45, 7) is 2.20. The molecule has 0 amide bonds. The third-order valence-electron chi connectivity index (χ3n) is 5.95. The van der Waals surface area contributed by atoms with E-state index in [9.17, 15) is 8.78 Å². The molecule has 0 aliphatic heterocycles. The molecule has 156 valence electrons. The van der Waals surface area contributed by atoms with Gasteiger partial charge in [0.2, 0.25) is 0 Å². The van der Waals surface area contributed by atoms with Crippen LogP contribution in [0.3, 0.4) is 0 Å². The van der Waals surface area contributed by atoms with Gasteiger partial charge in [0, 0.05) is 0 Å². The number of rotatable bonds is 6. The van der Waals surface area contributed by atoms with Gasteiger partial charge in [0.15, 0.2) is 0 Å². The number of aryl methyl sites for hydroxylation is 2. The number of fused-ring (bicyclic) bond motifs is 3. The first-order chi connectivity index (χ1) is 14.5. The molecule has 0 nitrogen and oxygen atoms in total. The van der Waals surface area contributed by atoms with Crippen LogP contribution in [-0.2, 0) is 19.3 Å². The number of unbranched alkanes of at least 4 members (excludes halogenated alkanes) is 3. The van der Waals surface area contributed by atoms with Gasteiger partial charge in [-0.2, -0.15) is 0 Å². The highest BCUT2D eigenvalue weighted by Gasteiger charge is 2.25. The molecule has 0 fully saturated rings. The Morgan fingerprint density at radius 1 is 0.833 bits per heavy atom. The first-order valence-electron chi connectivity index (χ1n) is 10.6. The number of halogens is 4. The van der Waals surface area contributed by atoms with Crippen LogP contribution < -0.4 is 0 Å². The maximum absolute atomic E-state index is 15.4. The molecule has 3 aromatic carbocycles. The lowest BCUT2D eigenvalue weighted by Gasteiger charge is -2.23. The lowest BCUT2D eigenvalue weighted by Crippen LogP contribution is -2.09. The van der Waals surface area contributed by atoms with Crippen molar-refractivity contribution in [1.82, 2.24) is 0 Å². The molecular weight excluding hydrogens is 405 g/mol. The third kappa shape index (κ3) is 4.00. The SMILES string of the molecule is CCCCCCc1ccc2c(c1)CCc1c-2cc(F)c(-c2ccc(Cl)c(F)c2)c1F. The van der Waals surface area contributed by atoms with Crippen LogP contribution in [0.15, 0.2) is 42.5 Å². The summed E-state index contributed by atoms with van der Waals surface area (Å²) in [7, 11) is 0. The molecule has 0 aromatic heterocycles. The fourth-order valence-corrected chi connectivity index (χ4v) is 4.47. The Morgan fingerprint density at radius 2 is 1.67 bits per heavy atom. The van der Waals surface area contributed by atoms with Crippen molar-refractivity contribution in [1.29, 1.82) is 0 Å². The van der Waals surface area contributed by atoms with Gasteiger partial charge < -0.3 is 0 Å². The Kier molecular flexibility index (Phi) is 6.19. The zero-order valence-electron chi connectivity index (χ0n) is 17.0. The highest BCUT2D eigenvalue weighted by atomic mass is 35.5. The average molecular weight is 429 g/mol. The van der Waals surface area contributed by atoms with Crippen LogP contribution in [0, 0.1) is 17.5 Å². The molecule has 0 bridgehead atoms. The van der Waals surface area contributed by atoms with Crippen LogP contribution in [0.2, 0.25) is 5.02 Å². The molecule has 0 spiro atoms. The Hall–Kier alpha value is -2.26. The summed E-state index contributed by atoms with van der Waals surface area (Å²) in [5.41, 5.74) is 4.36. The van der Waals surface area contributed by atoms with Gasteiger partial charge in [-0.25, -0.2) is 13.2 Å². The first kappa shape index (κ1) is 21.0. The fourth-order valence-electron chi connectivity index (χ4n) is 4.35. The Bertz CT molecular complexity index is 1090. The van der Waals surface area contributed by atoms with Crippen LogP contribution in [-0.4, -0.2) is 0 Å². The van der Waals surface area contributed by atoms with Crippen molar-refractivity contribution in [3.05, 3.63) is 81.6 Å². The van der Waals surface area contributed by atoms with Crippen molar-refractivity contribution in [2.75, 3.05) is 0 Å². The van der Waals surface area contributed by atoms with E-state index in [1.54, 1.807) is 0 Å². The summed E-state index contributed by atoms with van der Waals surface area (Å²) >= 11 is 5.72. The van der Waals surface area contributed by atoms with Gasteiger partial charge >= 0.3 is 0 Å². The third-order valence-corrected chi connectivity index (χ3v) is 6.26. The monoisotopic (exact) mass is 428 g/mol. The van der Waals surface area contributed by atoms with Crippen molar-refractivity contribution in [2.24, 2.45) is 0 Å². The van der Waals surface area contributed by atoms with Gasteiger partial charge in [-0.15, -0.1) is 0 Å². The number of hydrogen-bond acceptors (Lipinski definition) is 0. The minimum atomic E-state index is -0.692. The Labute approximate surface area is 180 Å². The van der Waals surface area contributed by atoms with Gasteiger partial charge in [0.05, 0.1) is 10.6 Å². The molecule has 0 saturated carbocycles. The fraction of sp³-hybridized carbons (Fsp3) is 0.308. The molecule has 1 aliphatic carbocycles. The van der Waals surface area contributed by atoms with E-state index in [2.05, 4.69) is 19.1 Å². The largest absolute Gasteiger partial charge is 0.206 e. The molecule has 0 N–H and O–H groups in total. The maximum Gasteiger partial charge on any atom is 0.142 e. The Morgan fingerprint density at radius 3 is 2.43 bits per heavy atom. The minimum Gasteiger partial charge on any atom is -0.206 e. The zero-order chi connectivity index (χ0) is 21.3. The number of benzene rings is 3. The van der Waals surface area contributed by atoms with Crippen molar-refractivity contribution in [3.8, 4) is 22.3 Å². The summed E-state index contributed by atoms with van der Waals surface area (Å²) in [6.07, 6.45) is 7.08. The normalized spacial score (nSPS) is 12.6. The summed E-state index contributed by atoms with van der Waals surface area (Å²) in [5.74, 6) is -1.99. The maximum atomic E-state index is 15.4. The van der Waals surface area contributed by atoms with Crippen LogP contribution >= 0.6 is 11.6 Å². The molecule has 0 radical (unpaired) electrons. The van der Waals surface area contributed by atoms with Gasteiger partial charge in [-0.05, 0) is 77.3 Å². The molecule has 0 heterocycles. The second kappa shape index (κ2) is 8.85. The highest BCUT2D eigenvalue weighted by molar-refractivity contribution is 6.30. The van der Waals surface area contributed by atoms with E-state index in [1.807, 2.05) is 6.07 Å². The number of hydrogen-bond donors (Lipinski definition) is 0. The van der Waals surface area contributed by atoms with Crippen LogP contribution in [0.4, 0.5) is 13.2 Å². The molecule has 0 atom stereocenters. The second-order valence-corrected chi connectivity index (χ2v) is 8.41. The lowest BCUT2D eigenvalue weighted by atomic mass is 9.82. The highest BCUT2D eigenvalue weighted by Crippen LogP contribution is 2.40. The van der Waals surface area contributed by atoms with Gasteiger partial charge in [0.1, 0.15) is 17.5 Å². The predicted octanol–water partition coefficient (Wildman–Crippen LogP) is 8.31. The van der Waals surface area contributed by atoms with Crippen molar-refractivity contribution >= 4 is 11.6 Å². The van der Waals surface area contributed by atoms with E-state index in [4.69, 9.17) is 11.6 Å². The van der Waals surface area contributed by atoms with Crippen molar-refractivity contribution in [3.63, 3.8) is 0 Å². The molecule has 0 unspecified atom stereocenters. The summed E-state index contributed by atoms with van der Waals surface area (Å²) in [5, 5.41) is -0.0723. The predicted molar refractivity (Wildman–Crippen MR) is 117 cm³/mol. The van der Waals surface area contributed by atoms with E-state index in [0.29, 0.717) is 24.0 Å². The summed E-state index contributed by atoms with van der Waals surface area (Å²) < 4.78 is 44.2. The molecule has 4 heteroatoms. The van der Waals surface area contributed by atoms with E-state index in [1.165, 1.54) is 43.0 Å². The van der Waals surface area contributed by atoms with E-state index >= 15 is 4.39 Å². The topological polar surface area (TPSA) is 0 Å². The first-order valence-corrected chi connectivity index (χ1v) is 11.0. The molecular formula is C26H24ClF3. The lowest BCUT2D eigenvalue weighted by molar-refractivity contribution is 0.576.